The number of fused-ring (bicyclic) bond motifs is 3. The Hall–Kier alpha value is -2.65. The highest BCUT2D eigenvalue weighted by atomic mass is 32.1. The smallest absolute Gasteiger partial charge is 0.198 e. The van der Waals surface area contributed by atoms with Crippen molar-refractivity contribution in [3.63, 3.8) is 0 Å². The van der Waals surface area contributed by atoms with Crippen molar-refractivity contribution in [1.82, 2.24) is 4.57 Å². The van der Waals surface area contributed by atoms with E-state index < -0.39 is 0 Å². The molecule has 0 saturated heterocycles. The summed E-state index contributed by atoms with van der Waals surface area (Å²) in [4.78, 5) is 1.31. The summed E-state index contributed by atoms with van der Waals surface area (Å²) >= 11 is 1.80. The van der Waals surface area contributed by atoms with E-state index in [-0.39, 0.29) is 0 Å². The highest BCUT2D eigenvalue weighted by molar-refractivity contribution is 7.13. The molecular weight excluding hydrogens is 336 g/mol. The van der Waals surface area contributed by atoms with Gasteiger partial charge in [-0.15, -0.1) is 11.3 Å². The summed E-state index contributed by atoms with van der Waals surface area (Å²) in [7, 11) is 0. The van der Waals surface area contributed by atoms with Crippen LogP contribution in [0, 0.1) is 13.8 Å². The zero-order valence-corrected chi connectivity index (χ0v) is 15.9. The monoisotopic (exact) mass is 357 g/mol. The number of benzene rings is 2. The van der Waals surface area contributed by atoms with Crippen LogP contribution < -0.4 is 4.57 Å². The molecule has 26 heavy (non-hydrogen) atoms. The van der Waals surface area contributed by atoms with Gasteiger partial charge < -0.3 is 0 Å². The minimum atomic E-state index is 1.05. The predicted molar refractivity (Wildman–Crippen MR) is 107 cm³/mol. The van der Waals surface area contributed by atoms with Gasteiger partial charge in [0.05, 0.1) is 11.3 Å². The zero-order chi connectivity index (χ0) is 17.7. The Morgan fingerprint density at radius 2 is 1.85 bits per heavy atom. The maximum atomic E-state index is 2.47. The van der Waals surface area contributed by atoms with Crippen LogP contribution in [0.15, 0.2) is 66.2 Å². The molecule has 5 rings (SSSR count). The molecule has 0 radical (unpaired) electrons. The summed E-state index contributed by atoms with van der Waals surface area (Å²) in [5.74, 6) is 1.36. The Morgan fingerprint density at radius 3 is 2.65 bits per heavy atom. The molecule has 1 aliphatic heterocycles. The molecule has 4 aromatic rings. The number of thiophene rings is 1. The lowest BCUT2D eigenvalue weighted by Crippen LogP contribution is -2.39. The van der Waals surface area contributed by atoms with Crippen molar-refractivity contribution in [3.05, 3.63) is 88.7 Å². The fraction of sp³-hybridized carbons (Fsp3) is 0.174. The van der Waals surface area contributed by atoms with Gasteiger partial charge in [-0.1, -0.05) is 42.0 Å². The van der Waals surface area contributed by atoms with Gasteiger partial charge in [-0.25, -0.2) is 0 Å². The van der Waals surface area contributed by atoms with E-state index in [4.69, 9.17) is 0 Å². The number of rotatable bonds is 2. The van der Waals surface area contributed by atoms with Crippen molar-refractivity contribution in [2.75, 3.05) is 0 Å². The van der Waals surface area contributed by atoms with E-state index >= 15 is 0 Å². The standard InChI is InChI=1S/C23H21N2S/c1-16-9-11-19(17(2)14-16)25-21(22-8-5-13-26-22)15-24-20-7-4-3-6-18(20)10-12-23(24)25/h3-9,11,13-15H,10,12H2,1-2H3/q+1. The molecule has 0 bridgehead atoms. The number of aryl methyl sites for hydroxylation is 3. The van der Waals surface area contributed by atoms with Gasteiger partial charge in [-0.05, 0) is 55.0 Å². The first-order valence-electron chi connectivity index (χ1n) is 9.08. The molecule has 0 N–H and O–H groups in total. The van der Waals surface area contributed by atoms with Crippen molar-refractivity contribution < 1.29 is 4.57 Å². The van der Waals surface area contributed by atoms with Crippen LogP contribution in [0.3, 0.4) is 0 Å². The van der Waals surface area contributed by atoms with E-state index in [2.05, 4.69) is 89.2 Å². The van der Waals surface area contributed by atoms with Crippen LogP contribution in [0.25, 0.3) is 21.9 Å². The fourth-order valence-electron chi connectivity index (χ4n) is 4.07. The zero-order valence-electron chi connectivity index (χ0n) is 15.1. The third-order valence-corrected chi connectivity index (χ3v) is 6.16. The normalized spacial score (nSPS) is 12.7. The number of para-hydroxylation sites is 1. The molecule has 0 saturated carbocycles. The van der Waals surface area contributed by atoms with Crippen LogP contribution in [0.4, 0.5) is 0 Å². The van der Waals surface area contributed by atoms with Crippen LogP contribution in [-0.2, 0) is 12.8 Å². The lowest BCUT2D eigenvalue weighted by molar-refractivity contribution is -0.606. The van der Waals surface area contributed by atoms with Crippen molar-refractivity contribution >= 4 is 11.3 Å². The molecule has 2 nitrogen and oxygen atoms in total. The van der Waals surface area contributed by atoms with Gasteiger partial charge in [0.2, 0.25) is 0 Å². The number of hydrogen-bond donors (Lipinski definition) is 0. The Kier molecular flexibility index (Phi) is 3.57. The largest absolute Gasteiger partial charge is 0.267 e. The Balaban J connectivity index is 1.83. The van der Waals surface area contributed by atoms with E-state index in [9.17, 15) is 0 Å². The van der Waals surface area contributed by atoms with Gasteiger partial charge in [0.1, 0.15) is 17.6 Å². The summed E-state index contributed by atoms with van der Waals surface area (Å²) < 4.78 is 4.86. The minimum Gasteiger partial charge on any atom is -0.198 e. The molecule has 0 unspecified atom stereocenters. The van der Waals surface area contributed by atoms with E-state index in [1.54, 1.807) is 11.3 Å². The predicted octanol–water partition coefficient (Wildman–Crippen LogP) is 5.20. The van der Waals surface area contributed by atoms with E-state index in [1.807, 2.05) is 0 Å². The van der Waals surface area contributed by atoms with Crippen molar-refractivity contribution in [2.24, 2.45) is 0 Å². The number of nitrogens with zero attached hydrogens (tertiary/aromatic N) is 2. The highest BCUT2D eigenvalue weighted by Crippen LogP contribution is 2.32. The van der Waals surface area contributed by atoms with E-state index in [0.717, 1.165) is 12.8 Å². The summed E-state index contributed by atoms with van der Waals surface area (Å²) in [6, 6.07) is 19.9. The second-order valence-electron chi connectivity index (χ2n) is 7.03. The summed E-state index contributed by atoms with van der Waals surface area (Å²) in [6.07, 6.45) is 4.46. The van der Waals surface area contributed by atoms with Crippen LogP contribution in [0.2, 0.25) is 0 Å². The molecule has 2 aromatic carbocycles. The van der Waals surface area contributed by atoms with Gasteiger partial charge in [0, 0.05) is 0 Å². The van der Waals surface area contributed by atoms with Crippen molar-refractivity contribution in [3.8, 4) is 21.9 Å². The number of hydrogen-bond acceptors (Lipinski definition) is 1. The van der Waals surface area contributed by atoms with Crippen LogP contribution in [-0.4, -0.2) is 4.57 Å². The molecule has 0 atom stereocenters. The lowest BCUT2D eigenvalue weighted by atomic mass is 10.0. The molecule has 1 aliphatic rings. The first kappa shape index (κ1) is 15.6. The third-order valence-electron chi connectivity index (χ3n) is 5.26. The molecule has 128 valence electrons. The van der Waals surface area contributed by atoms with Gasteiger partial charge in [-0.2, -0.15) is 9.13 Å². The SMILES string of the molecule is Cc1ccc(-n2c(-c3cccs3)c[n+]3c2CCc2ccccc2-3)c(C)c1. The molecule has 0 aliphatic carbocycles. The fourth-order valence-corrected chi connectivity index (χ4v) is 4.79. The molecule has 0 fully saturated rings. The average molecular weight is 358 g/mol. The highest BCUT2D eigenvalue weighted by Gasteiger charge is 2.32. The summed E-state index contributed by atoms with van der Waals surface area (Å²) in [6.45, 7) is 4.38. The van der Waals surface area contributed by atoms with E-state index in [1.165, 1.54) is 44.5 Å². The Bertz CT molecular complexity index is 1100. The number of aromatic nitrogens is 2. The molecular formula is C23H21N2S+. The van der Waals surface area contributed by atoms with Crippen LogP contribution >= 0.6 is 11.3 Å². The lowest BCUT2D eigenvalue weighted by Gasteiger charge is -2.14. The van der Waals surface area contributed by atoms with Crippen molar-refractivity contribution in [1.29, 1.82) is 0 Å². The van der Waals surface area contributed by atoms with Crippen molar-refractivity contribution in [2.45, 2.75) is 26.7 Å². The second-order valence-corrected chi connectivity index (χ2v) is 7.98. The number of imidazole rings is 1. The first-order valence-corrected chi connectivity index (χ1v) is 9.96. The molecule has 0 spiro atoms. The maximum Gasteiger partial charge on any atom is 0.267 e. The molecule has 3 heteroatoms. The maximum absolute atomic E-state index is 2.47. The van der Waals surface area contributed by atoms with Gasteiger partial charge in [-0.3, -0.25) is 0 Å². The minimum absolute atomic E-state index is 1.05. The van der Waals surface area contributed by atoms with Crippen LogP contribution in [0.5, 0.6) is 0 Å². The summed E-state index contributed by atoms with van der Waals surface area (Å²) in [5.41, 5.74) is 7.94. The van der Waals surface area contributed by atoms with Gasteiger partial charge >= 0.3 is 0 Å². The van der Waals surface area contributed by atoms with Gasteiger partial charge in [0.25, 0.3) is 5.82 Å². The molecule has 0 amide bonds. The quantitative estimate of drug-likeness (QED) is 0.436. The molecule has 3 heterocycles. The second kappa shape index (κ2) is 5.96. The summed E-state index contributed by atoms with van der Waals surface area (Å²) in [5, 5.41) is 2.16. The third kappa shape index (κ3) is 2.35. The Labute approximate surface area is 158 Å². The topological polar surface area (TPSA) is 8.81 Å². The van der Waals surface area contributed by atoms with Crippen LogP contribution in [0.1, 0.15) is 22.5 Å². The van der Waals surface area contributed by atoms with Gasteiger partial charge in [0.15, 0.2) is 5.69 Å². The Morgan fingerprint density at radius 1 is 0.962 bits per heavy atom. The molecule has 2 aromatic heterocycles. The first-order chi connectivity index (χ1) is 12.7. The average Bonchev–Trinajstić information content (AvgIpc) is 3.29. The van der Waals surface area contributed by atoms with E-state index in [0.29, 0.717) is 0 Å².